The van der Waals surface area contributed by atoms with E-state index in [2.05, 4.69) is 12.0 Å². The molecule has 0 atom stereocenters. The average molecular weight is 414 g/mol. The van der Waals surface area contributed by atoms with Gasteiger partial charge in [0.25, 0.3) is 5.91 Å². The first-order valence-corrected chi connectivity index (χ1v) is 10.3. The molecule has 0 spiro atoms. The normalized spacial score (nSPS) is 14.8. The Morgan fingerprint density at radius 1 is 0.968 bits per heavy atom. The summed E-state index contributed by atoms with van der Waals surface area (Å²) in [5, 5.41) is 6.03. The second-order valence-electron chi connectivity index (χ2n) is 7.23. The first-order chi connectivity index (χ1) is 15.2. The van der Waals surface area contributed by atoms with E-state index >= 15 is 0 Å². The summed E-state index contributed by atoms with van der Waals surface area (Å²) in [4.78, 5) is 13.2. The highest BCUT2D eigenvalue weighted by molar-refractivity contribution is 6.32. The van der Waals surface area contributed by atoms with Gasteiger partial charge in [-0.1, -0.05) is 67.9 Å². The van der Waals surface area contributed by atoms with Gasteiger partial charge in [0, 0.05) is 11.1 Å². The van der Waals surface area contributed by atoms with Crippen LogP contribution in [0.1, 0.15) is 30.9 Å². The van der Waals surface area contributed by atoms with Crippen LogP contribution in [0.3, 0.4) is 0 Å². The Balaban J connectivity index is 1.64. The van der Waals surface area contributed by atoms with Crippen molar-refractivity contribution in [3.63, 3.8) is 0 Å². The van der Waals surface area contributed by atoms with Crippen molar-refractivity contribution in [2.24, 2.45) is 5.10 Å². The number of benzene rings is 3. The molecule has 3 aromatic rings. The molecular weight excluding hydrogens is 391 g/mol. The van der Waals surface area contributed by atoms with Gasteiger partial charge in [-0.15, -0.1) is 0 Å². The van der Waals surface area contributed by atoms with Crippen molar-refractivity contribution in [3.05, 3.63) is 101 Å². The highest BCUT2D eigenvalue weighted by Gasteiger charge is 2.30. The molecule has 0 N–H and O–H groups in total. The number of halogens is 1. The van der Waals surface area contributed by atoms with Gasteiger partial charge in [-0.2, -0.15) is 10.1 Å². The molecule has 5 heteroatoms. The van der Waals surface area contributed by atoms with Crippen molar-refractivity contribution in [2.45, 2.75) is 26.4 Å². The fourth-order valence-electron chi connectivity index (χ4n) is 3.43. The third kappa shape index (κ3) is 4.56. The number of nitrogens with zero attached hydrogens (tertiary/aromatic N) is 2. The number of amides is 1. The molecule has 1 aliphatic heterocycles. The van der Waals surface area contributed by atoms with Crippen LogP contribution in [-0.2, 0) is 11.4 Å². The molecule has 156 valence electrons. The van der Waals surface area contributed by atoms with Crippen LogP contribution in [0.2, 0.25) is 0 Å². The average Bonchev–Trinajstić information content (AvgIpc) is 3.10. The predicted molar refractivity (Wildman–Crippen MR) is 121 cm³/mol. The van der Waals surface area contributed by atoms with Gasteiger partial charge in [0.2, 0.25) is 0 Å². The smallest absolute Gasteiger partial charge is 0.280 e. The molecule has 4 nitrogen and oxygen atoms in total. The molecule has 1 amide bonds. The first-order valence-electron chi connectivity index (χ1n) is 10.3. The van der Waals surface area contributed by atoms with E-state index in [-0.39, 0.29) is 18.3 Å². The zero-order valence-corrected chi connectivity index (χ0v) is 17.3. The topological polar surface area (TPSA) is 41.9 Å². The van der Waals surface area contributed by atoms with Crippen LogP contribution in [0, 0.1) is 5.82 Å². The van der Waals surface area contributed by atoms with E-state index in [1.54, 1.807) is 18.2 Å². The molecule has 0 bridgehead atoms. The summed E-state index contributed by atoms with van der Waals surface area (Å²) in [5.41, 5.74) is 3.26. The van der Waals surface area contributed by atoms with E-state index < -0.39 is 0 Å². The van der Waals surface area contributed by atoms with Crippen molar-refractivity contribution in [2.75, 3.05) is 5.01 Å². The molecule has 3 aromatic carbocycles. The maximum Gasteiger partial charge on any atom is 0.280 e. The van der Waals surface area contributed by atoms with Gasteiger partial charge in [-0.25, -0.2) is 4.39 Å². The summed E-state index contributed by atoms with van der Waals surface area (Å²) >= 11 is 0. The number of rotatable bonds is 7. The van der Waals surface area contributed by atoms with E-state index in [0.717, 1.165) is 23.4 Å². The maximum absolute atomic E-state index is 14.0. The number of anilines is 1. The van der Waals surface area contributed by atoms with Gasteiger partial charge in [0.15, 0.2) is 0 Å². The lowest BCUT2D eigenvalue weighted by molar-refractivity contribution is -0.114. The largest absolute Gasteiger partial charge is 0.488 e. The Kier molecular flexibility index (Phi) is 6.22. The second-order valence-corrected chi connectivity index (χ2v) is 7.23. The predicted octanol–water partition coefficient (Wildman–Crippen LogP) is 5.99. The van der Waals surface area contributed by atoms with E-state index in [9.17, 15) is 9.18 Å². The van der Waals surface area contributed by atoms with Gasteiger partial charge in [0.05, 0.1) is 17.0 Å². The lowest BCUT2D eigenvalue weighted by atomic mass is 10.0. The van der Waals surface area contributed by atoms with Crippen molar-refractivity contribution < 1.29 is 13.9 Å². The molecule has 31 heavy (non-hydrogen) atoms. The summed E-state index contributed by atoms with van der Waals surface area (Å²) in [5.74, 6) is 0.110. The molecular formula is C26H23FN2O2. The van der Waals surface area contributed by atoms with Crippen LogP contribution in [0.15, 0.2) is 89.5 Å². The van der Waals surface area contributed by atoms with Gasteiger partial charge >= 0.3 is 0 Å². The number of hydrazone groups is 1. The third-order valence-corrected chi connectivity index (χ3v) is 5.00. The Labute approximate surface area is 181 Å². The molecule has 0 fully saturated rings. The van der Waals surface area contributed by atoms with Crippen molar-refractivity contribution in [1.82, 2.24) is 0 Å². The standard InChI is InChI=1S/C26H23FN2O2/c1-2-10-24-22(26(30)29(28-24)21-13-4-3-5-14-21)17-19-11-7-9-16-25(19)31-18-20-12-6-8-15-23(20)27/h3-9,11-17H,2,10,18H2,1H3/b22-17+. The molecule has 0 unspecified atom stereocenters. The van der Waals surface area contributed by atoms with Gasteiger partial charge in [0.1, 0.15) is 18.2 Å². The molecule has 0 aliphatic carbocycles. The van der Waals surface area contributed by atoms with Crippen molar-refractivity contribution in [1.29, 1.82) is 0 Å². The zero-order valence-electron chi connectivity index (χ0n) is 17.3. The quantitative estimate of drug-likeness (QED) is 0.446. The van der Waals surface area contributed by atoms with E-state index in [0.29, 0.717) is 23.3 Å². The minimum Gasteiger partial charge on any atom is -0.488 e. The van der Waals surface area contributed by atoms with Crippen molar-refractivity contribution >= 4 is 23.4 Å². The molecule has 0 radical (unpaired) electrons. The first kappa shape index (κ1) is 20.5. The summed E-state index contributed by atoms with van der Waals surface area (Å²) < 4.78 is 19.9. The zero-order chi connectivity index (χ0) is 21.6. The van der Waals surface area contributed by atoms with Crippen LogP contribution in [-0.4, -0.2) is 11.6 Å². The second kappa shape index (κ2) is 9.39. The summed E-state index contributed by atoms with van der Waals surface area (Å²) in [6.45, 7) is 2.16. The molecule has 1 heterocycles. The molecule has 0 saturated heterocycles. The lowest BCUT2D eigenvalue weighted by Gasteiger charge is -2.12. The summed E-state index contributed by atoms with van der Waals surface area (Å²) in [6.07, 6.45) is 3.38. The van der Waals surface area contributed by atoms with Crippen LogP contribution < -0.4 is 9.75 Å². The number of ether oxygens (including phenoxy) is 1. The molecule has 0 saturated carbocycles. The summed E-state index contributed by atoms with van der Waals surface area (Å²) in [6, 6.07) is 23.4. The molecule has 4 rings (SSSR count). The van der Waals surface area contributed by atoms with E-state index in [1.807, 2.05) is 60.7 Å². The Hall–Kier alpha value is -3.73. The van der Waals surface area contributed by atoms with Gasteiger partial charge in [-0.05, 0) is 36.8 Å². The number of hydrogen-bond acceptors (Lipinski definition) is 3. The Morgan fingerprint density at radius 3 is 2.45 bits per heavy atom. The van der Waals surface area contributed by atoms with E-state index in [4.69, 9.17) is 4.74 Å². The number of para-hydroxylation sites is 2. The number of hydrogen-bond donors (Lipinski definition) is 0. The highest BCUT2D eigenvalue weighted by Crippen LogP contribution is 2.29. The highest BCUT2D eigenvalue weighted by atomic mass is 19.1. The monoisotopic (exact) mass is 414 g/mol. The number of carbonyl (C=O) groups is 1. The number of carbonyl (C=O) groups excluding carboxylic acids is 1. The van der Waals surface area contributed by atoms with E-state index in [1.165, 1.54) is 11.1 Å². The fraction of sp³-hybridized carbons (Fsp3) is 0.154. The Morgan fingerprint density at radius 2 is 1.68 bits per heavy atom. The Bertz CT molecular complexity index is 1140. The van der Waals surface area contributed by atoms with Gasteiger partial charge < -0.3 is 4.74 Å². The van der Waals surface area contributed by atoms with Crippen molar-refractivity contribution in [3.8, 4) is 5.75 Å². The molecule has 0 aromatic heterocycles. The van der Waals surface area contributed by atoms with Crippen LogP contribution in [0.5, 0.6) is 5.75 Å². The van der Waals surface area contributed by atoms with Gasteiger partial charge in [-0.3, -0.25) is 4.79 Å². The van der Waals surface area contributed by atoms with Crippen LogP contribution in [0.25, 0.3) is 6.08 Å². The SMILES string of the molecule is CCCC1=NN(c2ccccc2)C(=O)/C1=C/c1ccccc1OCc1ccccc1F. The maximum atomic E-state index is 14.0. The minimum atomic E-state index is -0.305. The fourth-order valence-corrected chi connectivity index (χ4v) is 3.43. The third-order valence-electron chi connectivity index (χ3n) is 5.00. The lowest BCUT2D eigenvalue weighted by Crippen LogP contribution is -2.21. The van der Waals surface area contributed by atoms with Crippen LogP contribution >= 0.6 is 0 Å². The van der Waals surface area contributed by atoms with Crippen LogP contribution in [0.4, 0.5) is 10.1 Å². The molecule has 1 aliphatic rings. The minimum absolute atomic E-state index is 0.104. The summed E-state index contributed by atoms with van der Waals surface area (Å²) in [7, 11) is 0.